The molecule has 0 saturated heterocycles. The lowest BCUT2D eigenvalue weighted by molar-refractivity contribution is 0.199. The van der Waals surface area contributed by atoms with Crippen LogP contribution in [0.25, 0.3) is 4.96 Å². The van der Waals surface area contributed by atoms with Crippen molar-refractivity contribution in [3.63, 3.8) is 0 Å². The zero-order valence-corrected chi connectivity index (χ0v) is 13.2. The lowest BCUT2D eigenvalue weighted by Gasteiger charge is -2.05. The number of nitrogens with one attached hydrogen (secondary N) is 1. The predicted molar refractivity (Wildman–Crippen MR) is 82.8 cm³/mol. The Morgan fingerprint density at radius 3 is 3.24 bits per heavy atom. The molecule has 0 radical (unpaired) electrons. The molecule has 3 heterocycles. The third kappa shape index (κ3) is 3.41. The second-order valence-electron chi connectivity index (χ2n) is 4.24. The molecule has 6 nitrogen and oxygen atoms in total. The Morgan fingerprint density at radius 1 is 1.48 bits per heavy atom. The van der Waals surface area contributed by atoms with Gasteiger partial charge >= 0.3 is 0 Å². The standard InChI is InChI=1S/C13H15N5OS2/c1-19-6-4-14-8-10-12(17-13-18(10)5-7-20-13)21-11-2-3-15-9-16-11/h2-3,5,7,9,14H,4,6,8H2,1H3. The zero-order valence-electron chi connectivity index (χ0n) is 11.5. The molecular weight excluding hydrogens is 306 g/mol. The maximum atomic E-state index is 5.05. The van der Waals surface area contributed by atoms with Crippen LogP contribution in [0.15, 0.2) is 40.2 Å². The van der Waals surface area contributed by atoms with Gasteiger partial charge in [0.1, 0.15) is 16.4 Å². The number of hydrogen-bond acceptors (Lipinski definition) is 7. The van der Waals surface area contributed by atoms with Crippen molar-refractivity contribution in [1.29, 1.82) is 0 Å². The highest BCUT2D eigenvalue weighted by Gasteiger charge is 2.14. The highest BCUT2D eigenvalue weighted by atomic mass is 32.2. The van der Waals surface area contributed by atoms with E-state index in [-0.39, 0.29) is 0 Å². The minimum Gasteiger partial charge on any atom is -0.383 e. The van der Waals surface area contributed by atoms with E-state index >= 15 is 0 Å². The molecule has 0 aliphatic carbocycles. The number of rotatable bonds is 7. The average Bonchev–Trinajstić information content (AvgIpc) is 3.07. The molecule has 3 rings (SSSR count). The molecule has 1 N–H and O–H groups in total. The largest absolute Gasteiger partial charge is 0.383 e. The summed E-state index contributed by atoms with van der Waals surface area (Å²) in [7, 11) is 1.70. The molecule has 0 atom stereocenters. The SMILES string of the molecule is COCCNCc1c(Sc2ccncn2)nc2sccn12. The summed E-state index contributed by atoms with van der Waals surface area (Å²) in [6, 6.07) is 1.89. The van der Waals surface area contributed by atoms with Crippen LogP contribution < -0.4 is 5.32 Å². The van der Waals surface area contributed by atoms with Crippen LogP contribution in [0, 0.1) is 0 Å². The summed E-state index contributed by atoms with van der Waals surface area (Å²) in [4.78, 5) is 13.9. The molecule has 0 fully saturated rings. The predicted octanol–water partition coefficient (Wildman–Crippen LogP) is 2.07. The highest BCUT2D eigenvalue weighted by molar-refractivity contribution is 7.99. The Kier molecular flexibility index (Phi) is 4.81. The molecule has 3 aromatic heterocycles. The lowest BCUT2D eigenvalue weighted by Crippen LogP contribution is -2.19. The van der Waals surface area contributed by atoms with Gasteiger partial charge in [0.25, 0.3) is 0 Å². The molecular formula is C13H15N5OS2. The summed E-state index contributed by atoms with van der Waals surface area (Å²) < 4.78 is 7.17. The van der Waals surface area contributed by atoms with Crippen LogP contribution in [0.2, 0.25) is 0 Å². The molecule has 8 heteroatoms. The van der Waals surface area contributed by atoms with Gasteiger partial charge in [-0.1, -0.05) is 0 Å². The third-order valence-corrected chi connectivity index (χ3v) is 4.58. The Balaban J connectivity index is 1.81. The van der Waals surface area contributed by atoms with Gasteiger partial charge in [-0.3, -0.25) is 4.40 Å². The van der Waals surface area contributed by atoms with Gasteiger partial charge in [-0.15, -0.1) is 11.3 Å². The van der Waals surface area contributed by atoms with Crippen molar-refractivity contribution < 1.29 is 4.74 Å². The Hall–Kier alpha value is -1.48. The van der Waals surface area contributed by atoms with E-state index in [0.29, 0.717) is 6.61 Å². The minimum absolute atomic E-state index is 0.694. The lowest BCUT2D eigenvalue weighted by atomic mass is 10.4. The smallest absolute Gasteiger partial charge is 0.194 e. The number of methoxy groups -OCH3 is 1. The van der Waals surface area contributed by atoms with Crippen LogP contribution in [0.5, 0.6) is 0 Å². The summed E-state index contributed by atoms with van der Waals surface area (Å²) in [6.07, 6.45) is 5.34. The third-order valence-electron chi connectivity index (χ3n) is 2.86. The molecule has 110 valence electrons. The topological polar surface area (TPSA) is 64.3 Å². The van der Waals surface area contributed by atoms with Gasteiger partial charge in [0.2, 0.25) is 0 Å². The monoisotopic (exact) mass is 321 g/mol. The average molecular weight is 321 g/mol. The fourth-order valence-electron chi connectivity index (χ4n) is 1.87. The summed E-state index contributed by atoms with van der Waals surface area (Å²) in [5.41, 5.74) is 1.14. The number of imidazole rings is 1. The summed E-state index contributed by atoms with van der Waals surface area (Å²) >= 11 is 3.19. The molecule has 0 spiro atoms. The molecule has 3 aromatic rings. The number of nitrogens with zero attached hydrogens (tertiary/aromatic N) is 4. The van der Waals surface area contributed by atoms with Gasteiger partial charge in [-0.25, -0.2) is 15.0 Å². The molecule has 0 aromatic carbocycles. The first-order valence-corrected chi connectivity index (χ1v) is 8.16. The second-order valence-corrected chi connectivity index (χ2v) is 6.12. The van der Waals surface area contributed by atoms with E-state index in [1.165, 1.54) is 0 Å². The molecule has 0 bridgehead atoms. The first-order valence-electron chi connectivity index (χ1n) is 6.46. The maximum absolute atomic E-state index is 5.05. The van der Waals surface area contributed by atoms with Gasteiger partial charge < -0.3 is 10.1 Å². The van der Waals surface area contributed by atoms with Crippen molar-refractivity contribution in [2.24, 2.45) is 0 Å². The maximum Gasteiger partial charge on any atom is 0.194 e. The van der Waals surface area contributed by atoms with E-state index in [1.54, 1.807) is 42.7 Å². The van der Waals surface area contributed by atoms with Crippen molar-refractivity contribution >= 4 is 28.1 Å². The number of hydrogen-bond donors (Lipinski definition) is 1. The van der Waals surface area contributed by atoms with E-state index in [0.717, 1.165) is 33.8 Å². The second kappa shape index (κ2) is 6.99. The number of fused-ring (bicyclic) bond motifs is 1. The highest BCUT2D eigenvalue weighted by Crippen LogP contribution is 2.30. The normalized spacial score (nSPS) is 11.3. The minimum atomic E-state index is 0.694. The molecule has 0 aliphatic heterocycles. The molecule has 21 heavy (non-hydrogen) atoms. The quantitative estimate of drug-likeness (QED) is 0.531. The summed E-state index contributed by atoms with van der Waals surface area (Å²) in [5.74, 6) is 0. The Labute approximate surface area is 130 Å². The van der Waals surface area contributed by atoms with Crippen molar-refractivity contribution in [3.05, 3.63) is 35.9 Å². The van der Waals surface area contributed by atoms with E-state index in [9.17, 15) is 0 Å². The number of aromatic nitrogens is 4. The van der Waals surface area contributed by atoms with E-state index in [1.807, 2.05) is 17.6 Å². The first-order chi connectivity index (χ1) is 10.4. The summed E-state index contributed by atoms with van der Waals surface area (Å²) in [5, 5.41) is 7.29. The fraction of sp³-hybridized carbons (Fsp3) is 0.308. The van der Waals surface area contributed by atoms with Crippen LogP contribution in [0.4, 0.5) is 0 Å². The van der Waals surface area contributed by atoms with Gasteiger partial charge in [0, 0.05) is 38.0 Å². The van der Waals surface area contributed by atoms with Gasteiger partial charge in [0.05, 0.1) is 12.3 Å². The number of thiazole rings is 1. The van der Waals surface area contributed by atoms with Gasteiger partial charge in [-0.2, -0.15) is 0 Å². The Morgan fingerprint density at radius 2 is 2.43 bits per heavy atom. The van der Waals surface area contributed by atoms with Crippen molar-refractivity contribution in [3.8, 4) is 0 Å². The number of ether oxygens (including phenoxy) is 1. The van der Waals surface area contributed by atoms with Crippen LogP contribution in [-0.4, -0.2) is 39.6 Å². The molecule has 0 aliphatic rings. The molecule has 0 amide bonds. The summed E-state index contributed by atoms with van der Waals surface area (Å²) in [6.45, 7) is 2.25. The van der Waals surface area contributed by atoms with Crippen LogP contribution in [-0.2, 0) is 11.3 Å². The van der Waals surface area contributed by atoms with Crippen molar-refractivity contribution in [2.75, 3.05) is 20.3 Å². The van der Waals surface area contributed by atoms with Crippen molar-refractivity contribution in [1.82, 2.24) is 24.7 Å². The van der Waals surface area contributed by atoms with E-state index in [2.05, 4.69) is 24.7 Å². The van der Waals surface area contributed by atoms with Crippen LogP contribution in [0.1, 0.15) is 5.69 Å². The van der Waals surface area contributed by atoms with E-state index in [4.69, 9.17) is 4.74 Å². The van der Waals surface area contributed by atoms with Crippen LogP contribution >= 0.6 is 23.1 Å². The van der Waals surface area contributed by atoms with Gasteiger partial charge in [-0.05, 0) is 17.8 Å². The van der Waals surface area contributed by atoms with Gasteiger partial charge in [0.15, 0.2) is 4.96 Å². The first kappa shape index (κ1) is 14.5. The van der Waals surface area contributed by atoms with E-state index < -0.39 is 0 Å². The molecule has 0 unspecified atom stereocenters. The zero-order chi connectivity index (χ0) is 14.5. The Bertz CT molecular complexity index is 697. The van der Waals surface area contributed by atoms with Crippen molar-refractivity contribution in [2.45, 2.75) is 16.6 Å². The molecule has 0 saturated carbocycles. The van der Waals surface area contributed by atoms with Crippen LogP contribution in [0.3, 0.4) is 0 Å². The fourth-order valence-corrected chi connectivity index (χ4v) is 3.51.